The number of nitrogens with zero attached hydrogens (tertiary/aromatic N) is 1. The highest BCUT2D eigenvalue weighted by Gasteiger charge is 2.08. The van der Waals surface area contributed by atoms with E-state index in [1.54, 1.807) is 17.0 Å². The highest BCUT2D eigenvalue weighted by molar-refractivity contribution is 5.58. The van der Waals surface area contributed by atoms with Crippen LogP contribution in [0.3, 0.4) is 0 Å². The molecule has 1 amide bonds. The number of carbonyl (C=O) groups is 1. The van der Waals surface area contributed by atoms with Gasteiger partial charge in [0.15, 0.2) is 0 Å². The minimum Gasteiger partial charge on any atom is -0.315 e. The standard InChI is InChI=1S/C15H16FNO/c16-14-8-5-13(6-9-14)7-10-15-4-2-1-3-11-17(15)12-18/h4-10,12H,1-3,11H2/b10-7+. The number of allylic oxidation sites excluding steroid dienone is 2. The van der Waals surface area contributed by atoms with Crippen LogP contribution in [-0.4, -0.2) is 17.9 Å². The predicted molar refractivity (Wildman–Crippen MR) is 70.1 cm³/mol. The molecule has 0 saturated heterocycles. The fraction of sp³-hybridized carbons (Fsp3) is 0.267. The summed E-state index contributed by atoms with van der Waals surface area (Å²) in [6, 6.07) is 6.29. The van der Waals surface area contributed by atoms with E-state index in [0.717, 1.165) is 43.5 Å². The largest absolute Gasteiger partial charge is 0.315 e. The third-order valence-corrected chi connectivity index (χ3v) is 2.98. The molecule has 1 aliphatic rings. The van der Waals surface area contributed by atoms with Crippen LogP contribution in [0.2, 0.25) is 0 Å². The van der Waals surface area contributed by atoms with E-state index in [2.05, 4.69) is 6.08 Å². The quantitative estimate of drug-likeness (QED) is 0.748. The average Bonchev–Trinajstić information content (AvgIpc) is 2.63. The Hall–Kier alpha value is -1.90. The van der Waals surface area contributed by atoms with Crippen LogP contribution in [-0.2, 0) is 4.79 Å². The number of hydrogen-bond acceptors (Lipinski definition) is 1. The van der Waals surface area contributed by atoms with Gasteiger partial charge in [0.1, 0.15) is 5.82 Å². The second-order valence-corrected chi connectivity index (χ2v) is 4.31. The molecule has 0 atom stereocenters. The second-order valence-electron chi connectivity index (χ2n) is 4.31. The Labute approximate surface area is 106 Å². The molecule has 94 valence electrons. The van der Waals surface area contributed by atoms with E-state index < -0.39 is 0 Å². The molecular formula is C15H16FNO. The summed E-state index contributed by atoms with van der Waals surface area (Å²) in [6.07, 6.45) is 9.88. The predicted octanol–water partition coefficient (Wildman–Crippen LogP) is 3.37. The Morgan fingerprint density at radius 2 is 1.89 bits per heavy atom. The van der Waals surface area contributed by atoms with Crippen molar-refractivity contribution in [3.05, 3.63) is 53.5 Å². The Morgan fingerprint density at radius 3 is 2.61 bits per heavy atom. The molecule has 0 unspecified atom stereocenters. The number of benzene rings is 1. The van der Waals surface area contributed by atoms with Crippen LogP contribution in [0.1, 0.15) is 24.8 Å². The number of halogens is 1. The van der Waals surface area contributed by atoms with Gasteiger partial charge in [0.2, 0.25) is 6.41 Å². The monoisotopic (exact) mass is 245 g/mol. The molecule has 0 aromatic heterocycles. The minimum absolute atomic E-state index is 0.240. The van der Waals surface area contributed by atoms with Gasteiger partial charge in [0.25, 0.3) is 0 Å². The molecule has 0 saturated carbocycles. The molecule has 2 rings (SSSR count). The van der Waals surface area contributed by atoms with E-state index in [1.165, 1.54) is 12.1 Å². The molecule has 0 radical (unpaired) electrons. The van der Waals surface area contributed by atoms with Crippen molar-refractivity contribution in [1.82, 2.24) is 4.90 Å². The first-order valence-electron chi connectivity index (χ1n) is 6.15. The molecule has 2 nitrogen and oxygen atoms in total. The van der Waals surface area contributed by atoms with Crippen LogP contribution >= 0.6 is 0 Å². The topological polar surface area (TPSA) is 20.3 Å². The molecular weight excluding hydrogens is 229 g/mol. The van der Waals surface area contributed by atoms with E-state index in [9.17, 15) is 9.18 Å². The van der Waals surface area contributed by atoms with E-state index in [0.29, 0.717) is 0 Å². The molecule has 0 spiro atoms. The van der Waals surface area contributed by atoms with Crippen LogP contribution in [0, 0.1) is 5.82 Å². The van der Waals surface area contributed by atoms with Crippen molar-refractivity contribution in [3.8, 4) is 0 Å². The Balaban J connectivity index is 2.13. The maximum atomic E-state index is 12.8. The van der Waals surface area contributed by atoms with Crippen LogP contribution in [0.15, 0.2) is 42.1 Å². The molecule has 0 bridgehead atoms. The molecule has 0 N–H and O–H groups in total. The van der Waals surface area contributed by atoms with Gasteiger partial charge in [-0.1, -0.05) is 24.3 Å². The highest BCUT2D eigenvalue weighted by atomic mass is 19.1. The van der Waals surface area contributed by atoms with Gasteiger partial charge in [-0.2, -0.15) is 0 Å². The van der Waals surface area contributed by atoms with Crippen molar-refractivity contribution < 1.29 is 9.18 Å². The molecule has 0 fully saturated rings. The number of amides is 1. The Morgan fingerprint density at radius 1 is 1.11 bits per heavy atom. The first-order chi connectivity index (χ1) is 8.79. The van der Waals surface area contributed by atoms with Gasteiger partial charge in [0, 0.05) is 12.2 Å². The van der Waals surface area contributed by atoms with Gasteiger partial charge in [-0.25, -0.2) is 4.39 Å². The summed E-state index contributed by atoms with van der Waals surface area (Å²) in [4.78, 5) is 12.7. The Bertz CT molecular complexity index is 462. The molecule has 3 heteroatoms. The fourth-order valence-electron chi connectivity index (χ4n) is 1.96. The molecule has 1 aromatic carbocycles. The first kappa shape index (κ1) is 12.6. The van der Waals surface area contributed by atoms with Gasteiger partial charge in [-0.3, -0.25) is 4.79 Å². The third-order valence-electron chi connectivity index (χ3n) is 2.98. The summed E-state index contributed by atoms with van der Waals surface area (Å²) < 4.78 is 12.8. The summed E-state index contributed by atoms with van der Waals surface area (Å²) in [5.41, 5.74) is 1.85. The lowest BCUT2D eigenvalue weighted by molar-refractivity contribution is -0.116. The summed E-state index contributed by atoms with van der Waals surface area (Å²) >= 11 is 0. The summed E-state index contributed by atoms with van der Waals surface area (Å²) in [6.45, 7) is 0.767. The second kappa shape index (κ2) is 6.15. The minimum atomic E-state index is -0.240. The van der Waals surface area contributed by atoms with Crippen molar-refractivity contribution in [2.24, 2.45) is 0 Å². The average molecular weight is 245 g/mol. The maximum Gasteiger partial charge on any atom is 0.214 e. The number of rotatable bonds is 3. The molecule has 1 heterocycles. The van der Waals surface area contributed by atoms with Crippen LogP contribution in [0.25, 0.3) is 6.08 Å². The summed E-state index contributed by atoms with van der Waals surface area (Å²) in [5, 5.41) is 0. The van der Waals surface area contributed by atoms with E-state index in [-0.39, 0.29) is 5.82 Å². The van der Waals surface area contributed by atoms with Crippen molar-refractivity contribution in [2.75, 3.05) is 6.54 Å². The van der Waals surface area contributed by atoms with E-state index in [4.69, 9.17) is 0 Å². The van der Waals surface area contributed by atoms with Crippen molar-refractivity contribution >= 4 is 12.5 Å². The zero-order chi connectivity index (χ0) is 12.8. The summed E-state index contributed by atoms with van der Waals surface area (Å²) in [5.74, 6) is -0.240. The van der Waals surface area contributed by atoms with Crippen molar-refractivity contribution in [2.45, 2.75) is 19.3 Å². The number of carbonyl (C=O) groups excluding carboxylic acids is 1. The van der Waals surface area contributed by atoms with Gasteiger partial charge in [-0.05, 0) is 43.0 Å². The van der Waals surface area contributed by atoms with E-state index in [1.807, 2.05) is 12.2 Å². The Kier molecular flexibility index (Phi) is 4.29. The third kappa shape index (κ3) is 3.29. The SMILES string of the molecule is O=CN1CCCCC=C1/C=C/c1ccc(F)cc1. The van der Waals surface area contributed by atoms with Gasteiger partial charge in [-0.15, -0.1) is 0 Å². The zero-order valence-corrected chi connectivity index (χ0v) is 10.2. The van der Waals surface area contributed by atoms with Crippen molar-refractivity contribution in [3.63, 3.8) is 0 Å². The maximum absolute atomic E-state index is 12.8. The van der Waals surface area contributed by atoms with Crippen LogP contribution in [0.5, 0.6) is 0 Å². The molecule has 1 aliphatic heterocycles. The van der Waals surface area contributed by atoms with Crippen molar-refractivity contribution in [1.29, 1.82) is 0 Å². The van der Waals surface area contributed by atoms with Gasteiger partial charge in [0.05, 0.1) is 0 Å². The lowest BCUT2D eigenvalue weighted by Crippen LogP contribution is -2.20. The first-order valence-corrected chi connectivity index (χ1v) is 6.15. The lowest BCUT2D eigenvalue weighted by Gasteiger charge is -2.15. The zero-order valence-electron chi connectivity index (χ0n) is 10.2. The molecule has 18 heavy (non-hydrogen) atoms. The van der Waals surface area contributed by atoms with E-state index >= 15 is 0 Å². The normalized spacial score (nSPS) is 16.5. The smallest absolute Gasteiger partial charge is 0.214 e. The fourth-order valence-corrected chi connectivity index (χ4v) is 1.96. The lowest BCUT2D eigenvalue weighted by atomic mass is 10.2. The van der Waals surface area contributed by atoms with Gasteiger partial charge >= 0.3 is 0 Å². The van der Waals surface area contributed by atoms with Crippen LogP contribution < -0.4 is 0 Å². The molecule has 1 aromatic rings. The number of hydrogen-bond donors (Lipinski definition) is 0. The molecule has 0 aliphatic carbocycles. The summed E-state index contributed by atoms with van der Waals surface area (Å²) in [7, 11) is 0. The highest BCUT2D eigenvalue weighted by Crippen LogP contribution is 2.15. The van der Waals surface area contributed by atoms with Gasteiger partial charge < -0.3 is 4.90 Å². The van der Waals surface area contributed by atoms with Crippen LogP contribution in [0.4, 0.5) is 4.39 Å².